The van der Waals surface area contributed by atoms with Gasteiger partial charge in [-0.3, -0.25) is 4.79 Å². The van der Waals surface area contributed by atoms with Crippen molar-refractivity contribution in [2.75, 3.05) is 0 Å². The summed E-state index contributed by atoms with van der Waals surface area (Å²) < 4.78 is 4.84. The van der Waals surface area contributed by atoms with E-state index in [1.807, 2.05) is 0 Å². The third-order valence-electron chi connectivity index (χ3n) is 1.86. The summed E-state index contributed by atoms with van der Waals surface area (Å²) in [6.45, 7) is 4.23. The first-order valence-corrected chi connectivity index (χ1v) is 4.59. The van der Waals surface area contributed by atoms with Crippen LogP contribution in [0, 0.1) is 5.92 Å². The maximum Gasteiger partial charge on any atom is 0.144 e. The van der Waals surface area contributed by atoms with Crippen LogP contribution in [-0.4, -0.2) is 10.9 Å². The third-order valence-corrected chi connectivity index (χ3v) is 1.86. The highest BCUT2D eigenvalue weighted by Gasteiger charge is 2.07. The zero-order chi connectivity index (χ0) is 9.68. The minimum Gasteiger partial charge on any atom is -0.361 e. The van der Waals surface area contributed by atoms with Gasteiger partial charge in [-0.2, -0.15) is 0 Å². The van der Waals surface area contributed by atoms with Gasteiger partial charge in [0.1, 0.15) is 11.5 Å². The van der Waals surface area contributed by atoms with Crippen LogP contribution in [0.2, 0.25) is 0 Å². The summed E-state index contributed by atoms with van der Waals surface area (Å²) in [5.74, 6) is 1.47. The highest BCUT2D eigenvalue weighted by Crippen LogP contribution is 2.07. The van der Waals surface area contributed by atoms with Gasteiger partial charge < -0.3 is 4.52 Å². The molecule has 0 saturated heterocycles. The van der Waals surface area contributed by atoms with Crippen molar-refractivity contribution in [3.8, 4) is 0 Å². The molecular formula is C10H15NO2. The van der Waals surface area contributed by atoms with Gasteiger partial charge in [-0.05, 0) is 12.3 Å². The number of rotatable bonds is 5. The van der Waals surface area contributed by atoms with Gasteiger partial charge >= 0.3 is 0 Å². The van der Waals surface area contributed by atoms with E-state index in [0.717, 1.165) is 6.42 Å². The van der Waals surface area contributed by atoms with Crippen LogP contribution in [0.1, 0.15) is 32.4 Å². The lowest BCUT2D eigenvalue weighted by atomic mass is 10.0. The van der Waals surface area contributed by atoms with Crippen molar-refractivity contribution < 1.29 is 9.32 Å². The molecule has 1 heterocycles. The molecule has 0 spiro atoms. The number of Topliss-reactive ketones (excluding diaryl/α,β-unsaturated/α-hetero) is 1. The van der Waals surface area contributed by atoms with E-state index in [1.165, 1.54) is 0 Å². The molecule has 3 heteroatoms. The van der Waals surface area contributed by atoms with Crippen LogP contribution in [0.25, 0.3) is 0 Å². The van der Waals surface area contributed by atoms with E-state index < -0.39 is 0 Å². The predicted molar refractivity (Wildman–Crippen MR) is 49.3 cm³/mol. The number of carbonyl (C=O) groups excluding carboxylic acids is 1. The lowest BCUT2D eigenvalue weighted by Crippen LogP contribution is -2.03. The summed E-state index contributed by atoms with van der Waals surface area (Å²) in [7, 11) is 0. The number of carbonyl (C=O) groups is 1. The molecule has 1 rings (SSSR count). The van der Waals surface area contributed by atoms with Crippen molar-refractivity contribution in [1.29, 1.82) is 0 Å². The quantitative estimate of drug-likeness (QED) is 0.699. The van der Waals surface area contributed by atoms with Gasteiger partial charge in [0, 0.05) is 12.5 Å². The van der Waals surface area contributed by atoms with Crippen molar-refractivity contribution in [3.63, 3.8) is 0 Å². The Labute approximate surface area is 78.1 Å². The fourth-order valence-electron chi connectivity index (χ4n) is 1.07. The van der Waals surface area contributed by atoms with E-state index >= 15 is 0 Å². The van der Waals surface area contributed by atoms with Crippen molar-refractivity contribution in [2.24, 2.45) is 5.92 Å². The van der Waals surface area contributed by atoms with Crippen LogP contribution in [0.5, 0.6) is 0 Å². The first-order valence-electron chi connectivity index (χ1n) is 4.59. The lowest BCUT2D eigenvalue weighted by molar-refractivity contribution is -0.119. The van der Waals surface area contributed by atoms with Crippen molar-refractivity contribution >= 4 is 5.78 Å². The largest absolute Gasteiger partial charge is 0.361 e. The van der Waals surface area contributed by atoms with Crippen LogP contribution in [0.3, 0.4) is 0 Å². The number of aromatic nitrogens is 1. The molecule has 0 aliphatic carbocycles. The van der Waals surface area contributed by atoms with Crippen LogP contribution < -0.4 is 0 Å². The molecule has 0 atom stereocenters. The molecule has 3 nitrogen and oxygen atoms in total. The van der Waals surface area contributed by atoms with Gasteiger partial charge in [0.05, 0.1) is 12.6 Å². The average molecular weight is 181 g/mol. The van der Waals surface area contributed by atoms with E-state index in [1.54, 1.807) is 12.3 Å². The molecule has 0 radical (unpaired) electrons. The summed E-state index contributed by atoms with van der Waals surface area (Å²) >= 11 is 0. The number of ketones is 1. The maximum atomic E-state index is 11.3. The molecule has 0 aromatic carbocycles. The van der Waals surface area contributed by atoms with Gasteiger partial charge in [0.25, 0.3) is 0 Å². The molecular weight excluding hydrogens is 166 g/mol. The minimum atomic E-state index is 0.227. The SMILES string of the molecule is CC(C)CCC(=O)Cc1ccno1. The minimum absolute atomic E-state index is 0.227. The van der Waals surface area contributed by atoms with Gasteiger partial charge in [-0.15, -0.1) is 0 Å². The Bertz CT molecular complexity index is 252. The molecule has 0 aliphatic heterocycles. The van der Waals surface area contributed by atoms with Crippen LogP contribution in [0.4, 0.5) is 0 Å². The van der Waals surface area contributed by atoms with Crippen molar-refractivity contribution in [1.82, 2.24) is 5.16 Å². The van der Waals surface area contributed by atoms with Gasteiger partial charge in [-0.25, -0.2) is 0 Å². The number of nitrogens with zero attached hydrogens (tertiary/aromatic N) is 1. The molecule has 0 N–H and O–H groups in total. The molecule has 0 bridgehead atoms. The summed E-state index contributed by atoms with van der Waals surface area (Å²) in [6.07, 6.45) is 3.53. The Balaban J connectivity index is 2.26. The second-order valence-corrected chi connectivity index (χ2v) is 3.63. The highest BCUT2D eigenvalue weighted by molar-refractivity contribution is 5.80. The molecule has 1 aromatic heterocycles. The van der Waals surface area contributed by atoms with Gasteiger partial charge in [0.15, 0.2) is 0 Å². The number of hydrogen-bond acceptors (Lipinski definition) is 3. The standard InChI is InChI=1S/C10H15NO2/c1-8(2)3-4-9(12)7-10-5-6-11-13-10/h5-6,8H,3-4,7H2,1-2H3. The predicted octanol–water partition coefficient (Wildman–Crippen LogP) is 2.22. The maximum absolute atomic E-state index is 11.3. The summed E-state index contributed by atoms with van der Waals surface area (Å²) in [5.41, 5.74) is 0. The number of hydrogen-bond donors (Lipinski definition) is 0. The topological polar surface area (TPSA) is 43.1 Å². The summed E-state index contributed by atoms with van der Waals surface area (Å²) in [6, 6.07) is 1.73. The molecule has 1 aromatic rings. The molecule has 72 valence electrons. The van der Waals surface area contributed by atoms with Crippen LogP contribution in [0.15, 0.2) is 16.8 Å². The van der Waals surface area contributed by atoms with E-state index in [4.69, 9.17) is 4.52 Å². The van der Waals surface area contributed by atoms with E-state index in [0.29, 0.717) is 24.5 Å². The smallest absolute Gasteiger partial charge is 0.144 e. The molecule has 0 unspecified atom stereocenters. The summed E-state index contributed by atoms with van der Waals surface area (Å²) in [4.78, 5) is 11.3. The van der Waals surface area contributed by atoms with E-state index in [9.17, 15) is 4.79 Å². The van der Waals surface area contributed by atoms with Gasteiger partial charge in [0.2, 0.25) is 0 Å². The zero-order valence-electron chi connectivity index (χ0n) is 8.12. The second kappa shape index (κ2) is 4.80. The first-order chi connectivity index (χ1) is 6.18. The molecule has 0 fully saturated rings. The Morgan fingerprint density at radius 2 is 2.38 bits per heavy atom. The summed E-state index contributed by atoms with van der Waals surface area (Å²) in [5, 5.41) is 3.54. The lowest BCUT2D eigenvalue weighted by Gasteiger charge is -2.01. The molecule has 0 amide bonds. The third kappa shape index (κ3) is 3.87. The molecule has 0 aliphatic rings. The Kier molecular flexibility index (Phi) is 3.68. The normalized spacial score (nSPS) is 10.7. The molecule has 13 heavy (non-hydrogen) atoms. The second-order valence-electron chi connectivity index (χ2n) is 3.63. The Morgan fingerprint density at radius 3 is 2.92 bits per heavy atom. The molecule has 0 saturated carbocycles. The Morgan fingerprint density at radius 1 is 1.62 bits per heavy atom. The van der Waals surface area contributed by atoms with Crippen molar-refractivity contribution in [3.05, 3.63) is 18.0 Å². The fourth-order valence-corrected chi connectivity index (χ4v) is 1.07. The zero-order valence-corrected chi connectivity index (χ0v) is 8.12. The van der Waals surface area contributed by atoms with Crippen molar-refractivity contribution in [2.45, 2.75) is 33.1 Å². The van der Waals surface area contributed by atoms with E-state index in [-0.39, 0.29) is 5.78 Å². The van der Waals surface area contributed by atoms with Gasteiger partial charge in [-0.1, -0.05) is 19.0 Å². The highest BCUT2D eigenvalue weighted by atomic mass is 16.5. The average Bonchev–Trinajstić information content (AvgIpc) is 2.53. The monoisotopic (exact) mass is 181 g/mol. The van der Waals surface area contributed by atoms with Crippen LogP contribution in [-0.2, 0) is 11.2 Å². The first kappa shape index (κ1) is 9.96. The van der Waals surface area contributed by atoms with Crippen LogP contribution >= 0.6 is 0 Å². The fraction of sp³-hybridized carbons (Fsp3) is 0.600. The Hall–Kier alpha value is -1.12. The van der Waals surface area contributed by atoms with E-state index in [2.05, 4.69) is 19.0 Å².